The highest BCUT2D eigenvalue weighted by molar-refractivity contribution is 5.94. The second-order valence-corrected chi connectivity index (χ2v) is 5.28. The number of nitrogens with one attached hydrogen (secondary N) is 1. The van der Waals surface area contributed by atoms with E-state index in [1.165, 1.54) is 6.42 Å². The number of pyridine rings is 1. The van der Waals surface area contributed by atoms with Gasteiger partial charge in [-0.1, -0.05) is 0 Å². The van der Waals surface area contributed by atoms with Crippen LogP contribution in [0.3, 0.4) is 0 Å². The molecule has 1 aliphatic rings. The van der Waals surface area contributed by atoms with Crippen LogP contribution in [0, 0.1) is 5.92 Å². The number of amides is 1. The van der Waals surface area contributed by atoms with Gasteiger partial charge >= 0.3 is 0 Å². The standard InChI is InChI=1S/C14H22N4O/c1-15-13-8-12(4-6-16-13)14(19)18(3)10-11-5-7-17(2)9-11/h4,6,8,11H,5,7,9-10H2,1-3H3,(H,15,16). The largest absolute Gasteiger partial charge is 0.373 e. The van der Waals surface area contributed by atoms with Crippen molar-refractivity contribution in [1.82, 2.24) is 14.8 Å². The molecule has 0 spiro atoms. The van der Waals surface area contributed by atoms with Crippen molar-refractivity contribution >= 4 is 11.7 Å². The van der Waals surface area contributed by atoms with E-state index in [0.717, 1.165) is 25.5 Å². The molecule has 0 saturated carbocycles. The molecule has 0 aromatic carbocycles. The molecule has 1 unspecified atom stereocenters. The molecule has 104 valence electrons. The van der Waals surface area contributed by atoms with Gasteiger partial charge in [0.25, 0.3) is 5.91 Å². The van der Waals surface area contributed by atoms with Crippen molar-refractivity contribution in [1.29, 1.82) is 0 Å². The van der Waals surface area contributed by atoms with Crippen LogP contribution in [-0.2, 0) is 0 Å². The summed E-state index contributed by atoms with van der Waals surface area (Å²) < 4.78 is 0. The van der Waals surface area contributed by atoms with Gasteiger partial charge in [0.1, 0.15) is 5.82 Å². The van der Waals surface area contributed by atoms with Crippen molar-refractivity contribution in [2.45, 2.75) is 6.42 Å². The zero-order valence-corrected chi connectivity index (χ0v) is 11.9. The van der Waals surface area contributed by atoms with Crippen molar-refractivity contribution < 1.29 is 4.79 Å². The van der Waals surface area contributed by atoms with E-state index < -0.39 is 0 Å². The van der Waals surface area contributed by atoms with Crippen molar-refractivity contribution in [3.8, 4) is 0 Å². The van der Waals surface area contributed by atoms with Crippen LogP contribution in [0.4, 0.5) is 5.82 Å². The maximum absolute atomic E-state index is 12.3. The van der Waals surface area contributed by atoms with Gasteiger partial charge in [-0.15, -0.1) is 0 Å². The van der Waals surface area contributed by atoms with Gasteiger partial charge in [0.2, 0.25) is 0 Å². The molecule has 2 rings (SSSR count). The Bertz CT molecular complexity index is 449. The van der Waals surface area contributed by atoms with Crippen LogP contribution in [0.15, 0.2) is 18.3 Å². The lowest BCUT2D eigenvalue weighted by Crippen LogP contribution is -2.32. The molecule has 2 heterocycles. The molecule has 1 saturated heterocycles. The minimum absolute atomic E-state index is 0.0634. The van der Waals surface area contributed by atoms with Crippen molar-refractivity contribution in [3.63, 3.8) is 0 Å². The van der Waals surface area contributed by atoms with Crippen LogP contribution in [0.5, 0.6) is 0 Å². The highest BCUT2D eigenvalue weighted by Crippen LogP contribution is 2.16. The smallest absolute Gasteiger partial charge is 0.253 e. The monoisotopic (exact) mass is 262 g/mol. The van der Waals surface area contributed by atoms with E-state index in [2.05, 4.69) is 22.2 Å². The molecule has 1 aliphatic heterocycles. The van der Waals surface area contributed by atoms with Crippen LogP contribution in [-0.4, -0.2) is 61.5 Å². The number of carbonyl (C=O) groups excluding carboxylic acids is 1. The van der Waals surface area contributed by atoms with E-state index in [9.17, 15) is 4.79 Å². The van der Waals surface area contributed by atoms with Gasteiger partial charge in [0.05, 0.1) is 0 Å². The Hall–Kier alpha value is -1.62. The number of rotatable bonds is 4. The summed E-state index contributed by atoms with van der Waals surface area (Å²) in [6.45, 7) is 3.03. The summed E-state index contributed by atoms with van der Waals surface area (Å²) in [5.41, 5.74) is 0.688. The predicted octanol–water partition coefficient (Wildman–Crippen LogP) is 1.15. The van der Waals surface area contributed by atoms with E-state index in [4.69, 9.17) is 0 Å². The SMILES string of the molecule is CNc1cc(C(=O)N(C)CC2CCN(C)C2)ccn1. The number of nitrogens with zero attached hydrogens (tertiary/aromatic N) is 3. The average molecular weight is 262 g/mol. The highest BCUT2D eigenvalue weighted by atomic mass is 16.2. The zero-order chi connectivity index (χ0) is 13.8. The zero-order valence-electron chi connectivity index (χ0n) is 11.9. The molecule has 1 amide bonds. The van der Waals surface area contributed by atoms with E-state index >= 15 is 0 Å². The number of hydrogen-bond acceptors (Lipinski definition) is 4. The summed E-state index contributed by atoms with van der Waals surface area (Å²) >= 11 is 0. The molecule has 1 fully saturated rings. The van der Waals surface area contributed by atoms with Crippen molar-refractivity contribution in [2.24, 2.45) is 5.92 Å². The van der Waals surface area contributed by atoms with E-state index in [1.807, 2.05) is 11.9 Å². The van der Waals surface area contributed by atoms with Crippen LogP contribution >= 0.6 is 0 Å². The van der Waals surface area contributed by atoms with Gasteiger partial charge in [-0.05, 0) is 38.1 Å². The van der Waals surface area contributed by atoms with Crippen LogP contribution in [0.1, 0.15) is 16.8 Å². The molecule has 0 bridgehead atoms. The number of hydrogen-bond donors (Lipinski definition) is 1. The highest BCUT2D eigenvalue weighted by Gasteiger charge is 2.23. The average Bonchev–Trinajstić information content (AvgIpc) is 2.83. The Morgan fingerprint density at radius 1 is 1.63 bits per heavy atom. The molecule has 1 atom stereocenters. The molecule has 5 nitrogen and oxygen atoms in total. The first-order chi connectivity index (χ1) is 9.10. The molecule has 5 heteroatoms. The quantitative estimate of drug-likeness (QED) is 0.884. The molecule has 19 heavy (non-hydrogen) atoms. The third-order valence-electron chi connectivity index (χ3n) is 3.63. The van der Waals surface area contributed by atoms with Crippen LogP contribution in [0.25, 0.3) is 0 Å². The summed E-state index contributed by atoms with van der Waals surface area (Å²) in [5.74, 6) is 1.37. The second kappa shape index (κ2) is 6.02. The fourth-order valence-electron chi connectivity index (χ4n) is 2.57. The van der Waals surface area contributed by atoms with Gasteiger partial charge in [0, 0.05) is 38.9 Å². The van der Waals surface area contributed by atoms with Crippen molar-refractivity contribution in [3.05, 3.63) is 23.9 Å². The van der Waals surface area contributed by atoms with E-state index in [-0.39, 0.29) is 5.91 Å². The van der Waals surface area contributed by atoms with Gasteiger partial charge in [-0.25, -0.2) is 4.98 Å². The van der Waals surface area contributed by atoms with Gasteiger partial charge < -0.3 is 15.1 Å². The molecule has 1 aromatic heterocycles. The minimum Gasteiger partial charge on any atom is -0.373 e. The minimum atomic E-state index is 0.0634. The molecule has 1 aromatic rings. The number of likely N-dealkylation sites (tertiary alicyclic amines) is 1. The first-order valence-corrected chi connectivity index (χ1v) is 6.68. The topological polar surface area (TPSA) is 48.5 Å². The maximum Gasteiger partial charge on any atom is 0.253 e. The Kier molecular flexibility index (Phi) is 4.37. The summed E-state index contributed by atoms with van der Waals surface area (Å²) in [5, 5.41) is 2.95. The Morgan fingerprint density at radius 3 is 3.05 bits per heavy atom. The number of aromatic nitrogens is 1. The van der Waals surface area contributed by atoms with E-state index in [0.29, 0.717) is 11.5 Å². The summed E-state index contributed by atoms with van der Waals surface area (Å²) in [6.07, 6.45) is 2.84. The molecular weight excluding hydrogens is 240 g/mol. The number of anilines is 1. The van der Waals surface area contributed by atoms with Crippen LogP contribution in [0.2, 0.25) is 0 Å². The first-order valence-electron chi connectivity index (χ1n) is 6.68. The molecule has 0 radical (unpaired) electrons. The summed E-state index contributed by atoms with van der Waals surface area (Å²) in [4.78, 5) is 20.6. The van der Waals surface area contributed by atoms with Gasteiger partial charge in [0.15, 0.2) is 0 Å². The normalized spacial score (nSPS) is 19.4. The fraction of sp³-hybridized carbons (Fsp3) is 0.571. The molecule has 1 N–H and O–H groups in total. The summed E-state index contributed by atoms with van der Waals surface area (Å²) in [7, 11) is 5.80. The Labute approximate surface area is 114 Å². The molecule has 0 aliphatic carbocycles. The predicted molar refractivity (Wildman–Crippen MR) is 76.3 cm³/mol. The first kappa shape index (κ1) is 13.8. The third kappa shape index (κ3) is 3.44. The lowest BCUT2D eigenvalue weighted by molar-refractivity contribution is 0.0774. The summed E-state index contributed by atoms with van der Waals surface area (Å²) in [6, 6.07) is 3.56. The third-order valence-corrected chi connectivity index (χ3v) is 3.63. The number of carbonyl (C=O) groups is 1. The van der Waals surface area contributed by atoms with Gasteiger partial charge in [-0.2, -0.15) is 0 Å². The lowest BCUT2D eigenvalue weighted by atomic mass is 10.1. The Morgan fingerprint density at radius 2 is 2.42 bits per heavy atom. The van der Waals surface area contributed by atoms with Crippen LogP contribution < -0.4 is 5.32 Å². The van der Waals surface area contributed by atoms with Gasteiger partial charge in [-0.3, -0.25) is 4.79 Å². The lowest BCUT2D eigenvalue weighted by Gasteiger charge is -2.21. The van der Waals surface area contributed by atoms with Crippen molar-refractivity contribution in [2.75, 3.05) is 46.1 Å². The maximum atomic E-state index is 12.3. The fourth-order valence-corrected chi connectivity index (χ4v) is 2.57. The molecular formula is C14H22N4O. The Balaban J connectivity index is 1.98. The second-order valence-electron chi connectivity index (χ2n) is 5.28. The van der Waals surface area contributed by atoms with E-state index in [1.54, 1.807) is 25.4 Å².